The van der Waals surface area contributed by atoms with Gasteiger partial charge in [-0.3, -0.25) is 4.79 Å². The van der Waals surface area contributed by atoms with E-state index in [-0.39, 0.29) is 12.4 Å². The van der Waals surface area contributed by atoms with Gasteiger partial charge in [0.15, 0.2) is 6.61 Å². The molecule has 3 aromatic carbocycles. The first kappa shape index (κ1) is 19.4. The molecule has 0 aliphatic rings. The van der Waals surface area contributed by atoms with E-state index in [1.807, 2.05) is 49.4 Å². The van der Waals surface area contributed by atoms with Crippen molar-refractivity contribution in [3.63, 3.8) is 0 Å². The number of carbonyl (C=O) groups is 1. The largest absolute Gasteiger partial charge is 0.506 e. The predicted octanol–water partition coefficient (Wildman–Crippen LogP) is 4.91. The van der Waals surface area contributed by atoms with E-state index in [0.29, 0.717) is 15.8 Å². The first-order valence-corrected chi connectivity index (χ1v) is 9.65. The molecule has 0 fully saturated rings. The molecule has 0 aromatic heterocycles. The van der Waals surface area contributed by atoms with Gasteiger partial charge < -0.3 is 9.84 Å². The minimum Gasteiger partial charge on any atom is -0.506 e. The molecule has 0 aliphatic carbocycles. The Hall–Kier alpha value is -2.38. The first-order valence-electron chi connectivity index (χ1n) is 8.07. The third-order valence-corrected chi connectivity index (χ3v) is 5.73. The lowest BCUT2D eigenvalue weighted by Gasteiger charge is -2.08. The molecular weight excluding hydrogens is 476 g/mol. The average molecular weight is 492 g/mol. The van der Waals surface area contributed by atoms with Crippen LogP contribution in [-0.2, 0) is 4.79 Å². The molecule has 0 radical (unpaired) electrons. The molecule has 0 spiro atoms. The number of aromatic hydroxyl groups is 1. The Morgan fingerprint density at radius 3 is 2.70 bits per heavy atom. The molecule has 0 aliphatic heterocycles. The topological polar surface area (TPSA) is 70.9 Å². The Morgan fingerprint density at radius 1 is 1.19 bits per heavy atom. The summed E-state index contributed by atoms with van der Waals surface area (Å²) in [7, 11) is 0. The number of nitrogens with zero attached hydrogens (tertiary/aromatic N) is 1. The van der Waals surface area contributed by atoms with Gasteiger partial charge in [0.2, 0.25) is 0 Å². The van der Waals surface area contributed by atoms with E-state index in [2.05, 4.69) is 42.4 Å². The summed E-state index contributed by atoms with van der Waals surface area (Å²) in [6.45, 7) is 1.70. The van der Waals surface area contributed by atoms with Crippen LogP contribution in [0, 0.1) is 6.92 Å². The molecule has 1 amide bonds. The van der Waals surface area contributed by atoms with Crippen LogP contribution in [0.5, 0.6) is 11.5 Å². The summed E-state index contributed by atoms with van der Waals surface area (Å²) < 4.78 is 6.90. The quantitative estimate of drug-likeness (QED) is 0.393. The SMILES string of the molecule is Cc1c(Br)cc(/C=N/NC(=O)COc2ccc3ccccc3c2)c(O)c1Br. The lowest BCUT2D eigenvalue weighted by Crippen LogP contribution is -2.24. The third-order valence-electron chi connectivity index (χ3n) is 3.93. The summed E-state index contributed by atoms with van der Waals surface area (Å²) in [5.41, 5.74) is 3.72. The van der Waals surface area contributed by atoms with Gasteiger partial charge in [-0.05, 0) is 57.4 Å². The van der Waals surface area contributed by atoms with Crippen molar-refractivity contribution in [3.8, 4) is 11.5 Å². The van der Waals surface area contributed by atoms with Gasteiger partial charge in [0, 0.05) is 10.0 Å². The second-order valence-electron chi connectivity index (χ2n) is 5.83. The number of phenolic OH excluding ortho intramolecular Hbond substituents is 1. The molecule has 0 bridgehead atoms. The van der Waals surface area contributed by atoms with Gasteiger partial charge in [-0.2, -0.15) is 5.10 Å². The van der Waals surface area contributed by atoms with Crippen molar-refractivity contribution in [2.75, 3.05) is 6.61 Å². The Morgan fingerprint density at radius 2 is 1.93 bits per heavy atom. The Labute approximate surface area is 173 Å². The lowest BCUT2D eigenvalue weighted by molar-refractivity contribution is -0.123. The first-order chi connectivity index (χ1) is 13.0. The fourth-order valence-electron chi connectivity index (χ4n) is 2.43. The van der Waals surface area contributed by atoms with Crippen LogP contribution in [0.3, 0.4) is 0 Å². The van der Waals surface area contributed by atoms with Gasteiger partial charge >= 0.3 is 0 Å². The minimum absolute atomic E-state index is 0.0566. The van der Waals surface area contributed by atoms with E-state index >= 15 is 0 Å². The molecule has 3 rings (SSSR count). The van der Waals surface area contributed by atoms with Crippen molar-refractivity contribution in [1.29, 1.82) is 0 Å². The second kappa shape index (κ2) is 8.54. The number of fused-ring (bicyclic) bond motifs is 1. The number of nitrogens with one attached hydrogen (secondary N) is 1. The number of hydrogen-bond acceptors (Lipinski definition) is 4. The van der Waals surface area contributed by atoms with Crippen LogP contribution in [0.15, 0.2) is 62.6 Å². The van der Waals surface area contributed by atoms with Crippen molar-refractivity contribution < 1.29 is 14.6 Å². The number of benzene rings is 3. The molecule has 0 saturated carbocycles. The molecule has 27 heavy (non-hydrogen) atoms. The number of rotatable bonds is 5. The second-order valence-corrected chi connectivity index (χ2v) is 7.47. The zero-order valence-electron chi connectivity index (χ0n) is 14.4. The molecule has 0 atom stereocenters. The number of hydrazone groups is 1. The molecule has 0 saturated heterocycles. The maximum absolute atomic E-state index is 11.9. The van der Waals surface area contributed by atoms with Crippen molar-refractivity contribution >= 4 is 54.8 Å². The predicted molar refractivity (Wildman–Crippen MR) is 113 cm³/mol. The number of amides is 1. The Kier molecular flexibility index (Phi) is 6.13. The van der Waals surface area contributed by atoms with E-state index in [9.17, 15) is 9.90 Å². The summed E-state index contributed by atoms with van der Waals surface area (Å²) in [6.07, 6.45) is 1.37. The van der Waals surface area contributed by atoms with Gasteiger partial charge in [0.05, 0.1) is 10.7 Å². The van der Waals surface area contributed by atoms with Crippen LogP contribution in [0.2, 0.25) is 0 Å². The maximum atomic E-state index is 11.9. The Balaban J connectivity index is 1.59. The van der Waals surface area contributed by atoms with Crippen molar-refractivity contribution in [3.05, 3.63) is 68.6 Å². The minimum atomic E-state index is -0.399. The normalized spacial score (nSPS) is 11.1. The smallest absolute Gasteiger partial charge is 0.277 e. The summed E-state index contributed by atoms with van der Waals surface area (Å²) in [4.78, 5) is 11.9. The van der Waals surface area contributed by atoms with Crippen LogP contribution in [0.25, 0.3) is 10.8 Å². The van der Waals surface area contributed by atoms with Crippen LogP contribution >= 0.6 is 31.9 Å². The molecular formula is C20H16Br2N2O3. The average Bonchev–Trinajstić information content (AvgIpc) is 2.68. The van der Waals surface area contributed by atoms with E-state index in [1.54, 1.807) is 6.07 Å². The number of carbonyl (C=O) groups excluding carboxylic acids is 1. The van der Waals surface area contributed by atoms with Crippen molar-refractivity contribution in [2.45, 2.75) is 6.92 Å². The van der Waals surface area contributed by atoms with Crippen LogP contribution < -0.4 is 10.2 Å². The summed E-state index contributed by atoms with van der Waals surface area (Å²) in [5.74, 6) is 0.266. The maximum Gasteiger partial charge on any atom is 0.277 e. The number of phenols is 1. The highest BCUT2D eigenvalue weighted by Crippen LogP contribution is 2.35. The van der Waals surface area contributed by atoms with Gasteiger partial charge in [0.1, 0.15) is 11.5 Å². The highest BCUT2D eigenvalue weighted by Gasteiger charge is 2.10. The summed E-state index contributed by atoms with van der Waals surface area (Å²) in [5, 5.41) is 16.1. The Bertz CT molecular complexity index is 1040. The zero-order chi connectivity index (χ0) is 19.4. The van der Waals surface area contributed by atoms with Crippen LogP contribution in [-0.4, -0.2) is 23.8 Å². The van der Waals surface area contributed by atoms with E-state index in [1.165, 1.54) is 6.21 Å². The highest BCUT2D eigenvalue weighted by atomic mass is 79.9. The van der Waals surface area contributed by atoms with Gasteiger partial charge in [-0.25, -0.2) is 5.43 Å². The molecule has 0 heterocycles. The summed E-state index contributed by atoms with van der Waals surface area (Å²) >= 11 is 6.73. The van der Waals surface area contributed by atoms with E-state index < -0.39 is 5.91 Å². The zero-order valence-corrected chi connectivity index (χ0v) is 17.5. The highest BCUT2D eigenvalue weighted by molar-refractivity contribution is 9.11. The molecule has 2 N–H and O–H groups in total. The van der Waals surface area contributed by atoms with Crippen LogP contribution in [0.4, 0.5) is 0 Å². The lowest BCUT2D eigenvalue weighted by atomic mass is 10.1. The standard InChI is InChI=1S/C20H16Br2N2O3/c1-12-17(21)9-15(20(26)19(12)22)10-23-24-18(25)11-27-16-7-6-13-4-2-3-5-14(13)8-16/h2-10,26H,11H2,1H3,(H,24,25)/b23-10+. The molecule has 0 unspecified atom stereocenters. The van der Waals surface area contributed by atoms with Gasteiger partial charge in [-0.15, -0.1) is 0 Å². The van der Waals surface area contributed by atoms with Gasteiger partial charge in [0.25, 0.3) is 5.91 Å². The van der Waals surface area contributed by atoms with Crippen molar-refractivity contribution in [1.82, 2.24) is 5.43 Å². The van der Waals surface area contributed by atoms with E-state index in [4.69, 9.17) is 4.74 Å². The third kappa shape index (κ3) is 4.67. The molecule has 138 valence electrons. The number of ether oxygens (including phenoxy) is 1. The van der Waals surface area contributed by atoms with Crippen molar-refractivity contribution in [2.24, 2.45) is 5.10 Å². The number of halogens is 2. The monoisotopic (exact) mass is 490 g/mol. The molecule has 5 nitrogen and oxygen atoms in total. The fourth-order valence-corrected chi connectivity index (χ4v) is 3.59. The number of hydrogen-bond donors (Lipinski definition) is 2. The fraction of sp³-hybridized carbons (Fsp3) is 0.100. The van der Waals surface area contributed by atoms with Crippen LogP contribution in [0.1, 0.15) is 11.1 Å². The molecule has 3 aromatic rings. The molecule has 7 heteroatoms. The van der Waals surface area contributed by atoms with E-state index in [0.717, 1.165) is 20.8 Å². The van der Waals surface area contributed by atoms with Gasteiger partial charge in [-0.1, -0.05) is 46.3 Å². The summed E-state index contributed by atoms with van der Waals surface area (Å²) in [6, 6.07) is 15.3.